The van der Waals surface area contributed by atoms with Crippen LogP contribution >= 0.6 is 0 Å². The molecule has 25 heavy (non-hydrogen) atoms. The van der Waals surface area contributed by atoms with E-state index >= 15 is 0 Å². The van der Waals surface area contributed by atoms with Crippen LogP contribution in [0.25, 0.3) is 0 Å². The second-order valence-electron chi connectivity index (χ2n) is 6.27. The van der Waals surface area contributed by atoms with Crippen LogP contribution in [0.3, 0.4) is 0 Å². The summed E-state index contributed by atoms with van der Waals surface area (Å²) in [6.45, 7) is 1.79. The summed E-state index contributed by atoms with van der Waals surface area (Å²) in [5.41, 5.74) is 3.28. The average Bonchev–Trinajstić information content (AvgIpc) is 2.97. The van der Waals surface area contributed by atoms with Gasteiger partial charge < -0.3 is 5.32 Å². The summed E-state index contributed by atoms with van der Waals surface area (Å²) in [4.78, 5) is 12.8. The number of fused-ring (bicyclic) bond motifs is 1. The molecule has 1 heterocycles. The van der Waals surface area contributed by atoms with Crippen molar-refractivity contribution >= 4 is 15.9 Å². The Morgan fingerprint density at radius 2 is 2.12 bits per heavy atom. The second-order valence-corrected chi connectivity index (χ2v) is 8.16. The molecule has 0 radical (unpaired) electrons. The summed E-state index contributed by atoms with van der Waals surface area (Å²) in [5.74, 6) is -0.271. The van der Waals surface area contributed by atoms with Gasteiger partial charge in [0.25, 0.3) is 5.91 Å². The molecule has 1 unspecified atom stereocenters. The van der Waals surface area contributed by atoms with Crippen molar-refractivity contribution in [2.75, 3.05) is 7.05 Å². The summed E-state index contributed by atoms with van der Waals surface area (Å²) in [6, 6.07) is 4.46. The minimum Gasteiger partial charge on any atom is -0.345 e. The summed E-state index contributed by atoms with van der Waals surface area (Å²) in [5, 5.41) is 7.32. The normalized spacial score (nSPS) is 17.2. The first-order valence-electron chi connectivity index (χ1n) is 8.19. The Labute approximate surface area is 147 Å². The van der Waals surface area contributed by atoms with Crippen molar-refractivity contribution in [1.82, 2.24) is 19.8 Å². The number of sulfonamides is 1. The summed E-state index contributed by atoms with van der Waals surface area (Å²) < 4.78 is 28.1. The fourth-order valence-corrected chi connectivity index (χ4v) is 3.98. The summed E-state index contributed by atoms with van der Waals surface area (Å²) in [6.07, 6.45) is 4.57. The lowest BCUT2D eigenvalue weighted by atomic mass is 9.92. The monoisotopic (exact) mass is 362 g/mol. The van der Waals surface area contributed by atoms with Crippen LogP contribution in [-0.4, -0.2) is 31.2 Å². The van der Waals surface area contributed by atoms with E-state index in [-0.39, 0.29) is 16.8 Å². The lowest BCUT2D eigenvalue weighted by molar-refractivity contribution is 0.0932. The zero-order valence-electron chi connectivity index (χ0n) is 14.5. The third kappa shape index (κ3) is 3.32. The van der Waals surface area contributed by atoms with E-state index in [4.69, 9.17) is 0 Å². The van der Waals surface area contributed by atoms with E-state index < -0.39 is 10.0 Å². The Hall–Kier alpha value is -2.19. The summed E-state index contributed by atoms with van der Waals surface area (Å²) >= 11 is 0. The van der Waals surface area contributed by atoms with Crippen LogP contribution in [0, 0.1) is 6.92 Å². The molecule has 0 saturated heterocycles. The van der Waals surface area contributed by atoms with Gasteiger partial charge in [-0.05, 0) is 50.9 Å². The Bertz CT molecular complexity index is 918. The SMILES string of the molecule is CNS(=O)(=O)c1ccc(C)c(C(=O)NC2CCCc3c2cnn3C)c1. The van der Waals surface area contributed by atoms with E-state index in [0.29, 0.717) is 5.56 Å². The first-order valence-corrected chi connectivity index (χ1v) is 9.67. The number of rotatable bonds is 4. The number of hydrogen-bond acceptors (Lipinski definition) is 4. The van der Waals surface area contributed by atoms with Crippen LogP contribution in [0.1, 0.15) is 46.1 Å². The van der Waals surface area contributed by atoms with Crippen molar-refractivity contribution in [1.29, 1.82) is 0 Å². The van der Waals surface area contributed by atoms with Gasteiger partial charge in [-0.2, -0.15) is 5.10 Å². The Morgan fingerprint density at radius 1 is 1.36 bits per heavy atom. The van der Waals surface area contributed by atoms with Crippen molar-refractivity contribution in [2.24, 2.45) is 7.05 Å². The molecule has 1 aliphatic rings. The molecule has 8 heteroatoms. The van der Waals surface area contributed by atoms with Gasteiger partial charge in [-0.1, -0.05) is 6.07 Å². The standard InChI is InChI=1S/C17H22N4O3S/c1-11-7-8-12(25(23,24)18-2)9-13(11)17(22)20-15-5-4-6-16-14(15)10-19-21(16)3/h7-10,15,18H,4-6H2,1-3H3,(H,20,22). The maximum Gasteiger partial charge on any atom is 0.252 e. The molecule has 3 rings (SSSR count). The quantitative estimate of drug-likeness (QED) is 0.861. The predicted molar refractivity (Wildman–Crippen MR) is 93.8 cm³/mol. The fourth-order valence-electron chi connectivity index (χ4n) is 3.22. The Balaban J connectivity index is 1.89. The van der Waals surface area contributed by atoms with E-state index in [1.54, 1.807) is 19.2 Å². The van der Waals surface area contributed by atoms with Crippen LogP contribution < -0.4 is 10.0 Å². The van der Waals surface area contributed by atoms with E-state index in [2.05, 4.69) is 15.1 Å². The van der Waals surface area contributed by atoms with Crippen LogP contribution in [0.5, 0.6) is 0 Å². The van der Waals surface area contributed by atoms with Gasteiger partial charge in [0.15, 0.2) is 0 Å². The molecular formula is C17H22N4O3S. The van der Waals surface area contributed by atoms with Crippen LogP contribution in [0.4, 0.5) is 0 Å². The molecule has 0 spiro atoms. The van der Waals surface area contributed by atoms with E-state index in [1.165, 1.54) is 19.2 Å². The van der Waals surface area contributed by atoms with Crippen molar-refractivity contribution in [3.8, 4) is 0 Å². The molecule has 134 valence electrons. The van der Waals surface area contributed by atoms with Gasteiger partial charge >= 0.3 is 0 Å². The molecule has 2 aromatic rings. The fraction of sp³-hybridized carbons (Fsp3) is 0.412. The van der Waals surface area contributed by atoms with E-state index in [1.807, 2.05) is 11.7 Å². The molecule has 1 aromatic carbocycles. The number of nitrogens with one attached hydrogen (secondary N) is 2. The molecule has 1 aromatic heterocycles. The largest absolute Gasteiger partial charge is 0.345 e. The number of aromatic nitrogens is 2. The van der Waals surface area contributed by atoms with Gasteiger partial charge in [0.05, 0.1) is 17.1 Å². The van der Waals surface area contributed by atoms with Crippen LogP contribution in [0.15, 0.2) is 29.3 Å². The predicted octanol–water partition coefficient (Wildman–Crippen LogP) is 1.44. The first-order chi connectivity index (χ1) is 11.8. The number of nitrogens with zero attached hydrogens (tertiary/aromatic N) is 2. The molecule has 0 saturated carbocycles. The summed E-state index contributed by atoms with van der Waals surface area (Å²) in [7, 11) is -0.343. The van der Waals surface area contributed by atoms with Gasteiger partial charge in [0.1, 0.15) is 0 Å². The number of amides is 1. The molecule has 1 amide bonds. The second kappa shape index (κ2) is 6.61. The maximum atomic E-state index is 12.8. The average molecular weight is 362 g/mol. The highest BCUT2D eigenvalue weighted by molar-refractivity contribution is 7.89. The molecule has 2 N–H and O–H groups in total. The third-order valence-electron chi connectivity index (χ3n) is 4.71. The number of carbonyl (C=O) groups is 1. The molecule has 7 nitrogen and oxygen atoms in total. The minimum absolute atomic E-state index is 0.0801. The van der Waals surface area contributed by atoms with Gasteiger partial charge in [0, 0.05) is 23.9 Å². The number of hydrogen-bond donors (Lipinski definition) is 2. The molecular weight excluding hydrogens is 340 g/mol. The van der Waals surface area contributed by atoms with Gasteiger partial charge in [-0.25, -0.2) is 13.1 Å². The zero-order valence-corrected chi connectivity index (χ0v) is 15.4. The van der Waals surface area contributed by atoms with Crippen LogP contribution in [-0.2, 0) is 23.5 Å². The molecule has 1 atom stereocenters. The van der Waals surface area contributed by atoms with Gasteiger partial charge in [0.2, 0.25) is 10.0 Å². The van der Waals surface area contributed by atoms with Crippen molar-refractivity contribution in [3.05, 3.63) is 46.8 Å². The molecule has 0 bridgehead atoms. The van der Waals surface area contributed by atoms with Gasteiger partial charge in [-0.15, -0.1) is 0 Å². The van der Waals surface area contributed by atoms with Crippen molar-refractivity contribution in [2.45, 2.75) is 37.1 Å². The minimum atomic E-state index is -3.59. The number of carbonyl (C=O) groups excluding carboxylic acids is 1. The van der Waals surface area contributed by atoms with Crippen molar-refractivity contribution in [3.63, 3.8) is 0 Å². The Kier molecular flexibility index (Phi) is 4.66. The smallest absolute Gasteiger partial charge is 0.252 e. The van der Waals surface area contributed by atoms with Crippen molar-refractivity contribution < 1.29 is 13.2 Å². The molecule has 0 fully saturated rings. The van der Waals surface area contributed by atoms with Gasteiger partial charge in [-0.3, -0.25) is 9.48 Å². The highest BCUT2D eigenvalue weighted by atomic mass is 32.2. The third-order valence-corrected chi connectivity index (χ3v) is 6.13. The zero-order chi connectivity index (χ0) is 18.2. The first kappa shape index (κ1) is 17.6. The van der Waals surface area contributed by atoms with E-state index in [9.17, 15) is 13.2 Å². The Morgan fingerprint density at radius 3 is 2.84 bits per heavy atom. The molecule has 0 aliphatic heterocycles. The van der Waals surface area contributed by atoms with Crippen LogP contribution in [0.2, 0.25) is 0 Å². The highest BCUT2D eigenvalue weighted by Crippen LogP contribution is 2.29. The number of benzene rings is 1. The van der Waals surface area contributed by atoms with E-state index in [0.717, 1.165) is 36.1 Å². The molecule has 1 aliphatic carbocycles. The maximum absolute atomic E-state index is 12.8. The number of aryl methyl sites for hydroxylation is 2. The highest BCUT2D eigenvalue weighted by Gasteiger charge is 2.26. The lowest BCUT2D eigenvalue weighted by Crippen LogP contribution is -2.31. The lowest BCUT2D eigenvalue weighted by Gasteiger charge is -2.24. The topological polar surface area (TPSA) is 93.1 Å².